The monoisotopic (exact) mass is 503 g/mol. The molecule has 11 heteroatoms. The normalized spacial score (nSPS) is 19.3. The van der Waals surface area contributed by atoms with Gasteiger partial charge in [0.05, 0.1) is 25.5 Å². The average molecular weight is 504 g/mol. The van der Waals surface area contributed by atoms with Crippen LogP contribution in [0.3, 0.4) is 0 Å². The molecule has 0 saturated heterocycles. The number of amides is 1. The lowest BCUT2D eigenvalue weighted by molar-refractivity contribution is 0.0373. The van der Waals surface area contributed by atoms with Crippen LogP contribution in [0.1, 0.15) is 49.5 Å². The van der Waals surface area contributed by atoms with Gasteiger partial charge in [0, 0.05) is 50.9 Å². The number of carbonyl (C=O) groups excluding carboxylic acids is 1. The van der Waals surface area contributed by atoms with E-state index in [1.54, 1.807) is 35.7 Å². The molecule has 0 fully saturated rings. The number of aromatic nitrogens is 3. The first-order valence-electron chi connectivity index (χ1n) is 11.6. The van der Waals surface area contributed by atoms with Crippen molar-refractivity contribution in [1.29, 1.82) is 0 Å². The Bertz CT molecular complexity index is 1220. The highest BCUT2D eigenvalue weighted by atomic mass is 32.2. The van der Waals surface area contributed by atoms with Crippen LogP contribution in [0.2, 0.25) is 0 Å². The summed E-state index contributed by atoms with van der Waals surface area (Å²) in [5.74, 6) is 5.61. The number of imidazole rings is 1. The van der Waals surface area contributed by atoms with E-state index in [4.69, 9.17) is 4.74 Å². The van der Waals surface area contributed by atoms with Crippen LogP contribution in [-0.2, 0) is 17.1 Å². The maximum Gasteiger partial charge on any atom is 0.261 e. The Morgan fingerprint density at radius 2 is 2.11 bits per heavy atom. The Labute approximate surface area is 207 Å². The maximum atomic E-state index is 13.4. The van der Waals surface area contributed by atoms with Gasteiger partial charge in [-0.05, 0) is 19.4 Å². The minimum Gasteiger partial charge on any atom is -0.472 e. The van der Waals surface area contributed by atoms with E-state index in [0.29, 0.717) is 5.56 Å². The number of hydrogen-bond acceptors (Lipinski definition) is 7. The fraction of sp³-hybridized carbons (Fsp3) is 0.542. The van der Waals surface area contributed by atoms with Crippen molar-refractivity contribution >= 4 is 15.9 Å². The molecule has 0 radical (unpaired) electrons. The Morgan fingerprint density at radius 1 is 1.37 bits per heavy atom. The van der Waals surface area contributed by atoms with E-state index < -0.39 is 22.2 Å². The maximum absolute atomic E-state index is 13.4. The number of aliphatic hydroxyl groups is 1. The molecular formula is C24H33N5O5S. The SMILES string of the molecule is CCCC#Cc1cnc2c(c1)C(=O)N([C@@H](C)CO)C[C@@H](C)[C@H](CN(C)S(=O)(=O)c1cn(C)cn1)O2. The molecule has 3 atom stereocenters. The number of unbranched alkanes of at least 4 members (excludes halogenated alkanes) is 1. The summed E-state index contributed by atoms with van der Waals surface area (Å²) in [7, 11) is -0.673. The molecule has 0 spiro atoms. The lowest BCUT2D eigenvalue weighted by atomic mass is 10.0. The number of aliphatic hydroxyl groups excluding tert-OH is 1. The predicted molar refractivity (Wildman–Crippen MR) is 130 cm³/mol. The molecule has 35 heavy (non-hydrogen) atoms. The molecule has 0 unspecified atom stereocenters. The third-order valence-electron chi connectivity index (χ3n) is 5.92. The second kappa shape index (κ2) is 11.2. The van der Waals surface area contributed by atoms with Gasteiger partial charge in [0.2, 0.25) is 5.88 Å². The van der Waals surface area contributed by atoms with Crippen molar-refractivity contribution < 1.29 is 23.1 Å². The first-order chi connectivity index (χ1) is 16.6. The molecule has 1 aliphatic rings. The number of likely N-dealkylation sites (N-methyl/N-ethyl adjacent to an activating group) is 1. The summed E-state index contributed by atoms with van der Waals surface area (Å²) in [5, 5.41) is 9.73. The molecule has 0 bridgehead atoms. The third kappa shape index (κ3) is 6.01. The summed E-state index contributed by atoms with van der Waals surface area (Å²) in [6, 6.07) is 1.20. The minimum atomic E-state index is -3.84. The minimum absolute atomic E-state index is 0.0226. The van der Waals surface area contributed by atoms with Gasteiger partial charge >= 0.3 is 0 Å². The number of hydrogen-bond donors (Lipinski definition) is 1. The fourth-order valence-corrected chi connectivity index (χ4v) is 4.85. The number of fused-ring (bicyclic) bond motifs is 1. The molecule has 190 valence electrons. The van der Waals surface area contributed by atoms with Crippen molar-refractivity contribution in [3.05, 3.63) is 35.9 Å². The second-order valence-corrected chi connectivity index (χ2v) is 10.9. The highest BCUT2D eigenvalue weighted by Gasteiger charge is 2.36. The molecule has 0 aliphatic carbocycles. The molecule has 3 rings (SSSR count). The Kier molecular flexibility index (Phi) is 8.53. The summed E-state index contributed by atoms with van der Waals surface area (Å²) in [5.41, 5.74) is 0.825. The zero-order chi connectivity index (χ0) is 25.8. The molecule has 2 aromatic heterocycles. The van der Waals surface area contributed by atoms with Crippen molar-refractivity contribution in [2.24, 2.45) is 13.0 Å². The number of pyridine rings is 1. The lowest BCUT2D eigenvalue weighted by Gasteiger charge is -2.37. The summed E-state index contributed by atoms with van der Waals surface area (Å²) in [6.07, 6.45) is 5.46. The molecule has 1 amide bonds. The highest BCUT2D eigenvalue weighted by Crippen LogP contribution is 2.28. The number of sulfonamides is 1. The second-order valence-electron chi connectivity index (χ2n) is 8.91. The van der Waals surface area contributed by atoms with E-state index in [0.717, 1.165) is 12.8 Å². The summed E-state index contributed by atoms with van der Waals surface area (Å²) < 4.78 is 35.0. The van der Waals surface area contributed by atoms with Crippen LogP contribution in [0.5, 0.6) is 5.88 Å². The Balaban J connectivity index is 1.97. The van der Waals surface area contributed by atoms with Gasteiger partial charge in [0.1, 0.15) is 11.7 Å². The molecule has 0 aromatic carbocycles. The standard InChI is InChI=1S/C24H33N5O5S/c1-6-7-8-9-19-10-20-23(25-11-19)34-21(17(2)12-29(24(20)31)18(3)15-30)13-28(5)35(32,33)22-14-27(4)16-26-22/h10-11,14,16-18,21,30H,6-7,12-13,15H2,1-5H3/t17-,18+,21+/m1/s1. The zero-order valence-electron chi connectivity index (χ0n) is 20.8. The van der Waals surface area contributed by atoms with Crippen LogP contribution in [0, 0.1) is 17.8 Å². The average Bonchev–Trinajstić information content (AvgIpc) is 3.28. The van der Waals surface area contributed by atoms with Gasteiger partial charge in [-0.15, -0.1) is 0 Å². The van der Waals surface area contributed by atoms with Gasteiger partial charge < -0.3 is 19.3 Å². The zero-order valence-corrected chi connectivity index (χ0v) is 21.6. The van der Waals surface area contributed by atoms with Crippen molar-refractivity contribution in [3.8, 4) is 17.7 Å². The third-order valence-corrected chi connectivity index (χ3v) is 7.63. The number of carbonyl (C=O) groups is 1. The Hall–Kier alpha value is -2.94. The summed E-state index contributed by atoms with van der Waals surface area (Å²) in [4.78, 5) is 23.3. The largest absolute Gasteiger partial charge is 0.472 e. The van der Waals surface area contributed by atoms with Crippen LogP contribution in [-0.4, -0.2) is 82.1 Å². The van der Waals surface area contributed by atoms with Crippen molar-refractivity contribution in [2.45, 2.75) is 50.8 Å². The summed E-state index contributed by atoms with van der Waals surface area (Å²) in [6.45, 7) is 5.76. The van der Waals surface area contributed by atoms with E-state index in [-0.39, 0.29) is 48.0 Å². The van der Waals surface area contributed by atoms with Crippen molar-refractivity contribution in [3.63, 3.8) is 0 Å². The fourth-order valence-electron chi connectivity index (χ4n) is 3.71. The molecular weight excluding hydrogens is 470 g/mol. The van der Waals surface area contributed by atoms with Gasteiger partial charge in [0.15, 0.2) is 5.03 Å². The van der Waals surface area contributed by atoms with Crippen LogP contribution >= 0.6 is 0 Å². The van der Waals surface area contributed by atoms with Crippen LogP contribution in [0.25, 0.3) is 0 Å². The topological polar surface area (TPSA) is 118 Å². The summed E-state index contributed by atoms with van der Waals surface area (Å²) >= 11 is 0. The van der Waals surface area contributed by atoms with Crippen LogP contribution < -0.4 is 4.74 Å². The van der Waals surface area contributed by atoms with E-state index in [2.05, 4.69) is 21.8 Å². The van der Waals surface area contributed by atoms with Gasteiger partial charge in [-0.2, -0.15) is 4.31 Å². The van der Waals surface area contributed by atoms with E-state index in [1.807, 2.05) is 13.8 Å². The quantitative estimate of drug-likeness (QED) is 0.569. The van der Waals surface area contributed by atoms with Crippen LogP contribution in [0.15, 0.2) is 29.8 Å². The highest BCUT2D eigenvalue weighted by molar-refractivity contribution is 7.89. The number of aryl methyl sites for hydroxylation is 1. The molecule has 10 nitrogen and oxygen atoms in total. The number of rotatable bonds is 7. The molecule has 0 saturated carbocycles. The first kappa shape index (κ1) is 26.7. The van der Waals surface area contributed by atoms with Gasteiger partial charge in [-0.25, -0.2) is 18.4 Å². The molecule has 1 aliphatic heterocycles. The first-order valence-corrected chi connectivity index (χ1v) is 13.0. The van der Waals surface area contributed by atoms with Crippen LogP contribution in [0.4, 0.5) is 0 Å². The molecule has 1 N–H and O–H groups in total. The predicted octanol–water partition coefficient (Wildman–Crippen LogP) is 1.51. The van der Waals surface area contributed by atoms with E-state index in [9.17, 15) is 18.3 Å². The van der Waals surface area contributed by atoms with E-state index >= 15 is 0 Å². The van der Waals surface area contributed by atoms with Gasteiger partial charge in [0.25, 0.3) is 15.9 Å². The Morgan fingerprint density at radius 3 is 2.74 bits per heavy atom. The van der Waals surface area contributed by atoms with Crippen molar-refractivity contribution in [2.75, 3.05) is 26.7 Å². The van der Waals surface area contributed by atoms with E-state index in [1.165, 1.54) is 23.9 Å². The molecule has 3 heterocycles. The van der Waals surface area contributed by atoms with Gasteiger partial charge in [-0.1, -0.05) is 25.7 Å². The smallest absolute Gasteiger partial charge is 0.261 e. The number of ether oxygens (including phenoxy) is 1. The van der Waals surface area contributed by atoms with Crippen molar-refractivity contribution in [1.82, 2.24) is 23.7 Å². The lowest BCUT2D eigenvalue weighted by Crippen LogP contribution is -2.50. The number of nitrogens with zero attached hydrogens (tertiary/aromatic N) is 5. The molecule has 2 aromatic rings. The van der Waals surface area contributed by atoms with Gasteiger partial charge in [-0.3, -0.25) is 4.79 Å².